The molecule has 0 radical (unpaired) electrons. The molecule has 0 fully saturated rings. The molecule has 24 heavy (non-hydrogen) atoms. The zero-order valence-corrected chi connectivity index (χ0v) is 13.9. The smallest absolute Gasteiger partial charge is 0.291 e. The van der Waals surface area contributed by atoms with Gasteiger partial charge in [-0.15, -0.1) is 11.3 Å². The Morgan fingerprint density at radius 1 is 1.00 bits per heavy atom. The number of carbonyl (C=O) groups is 2. The van der Waals surface area contributed by atoms with Crippen LogP contribution >= 0.6 is 11.3 Å². The predicted molar refractivity (Wildman–Crippen MR) is 94.5 cm³/mol. The van der Waals surface area contributed by atoms with Crippen molar-refractivity contribution >= 4 is 34.5 Å². The maximum absolute atomic E-state index is 12.2. The number of nitrogens with one attached hydrogen (secondary N) is 2. The van der Waals surface area contributed by atoms with Crippen LogP contribution in [0.5, 0.6) is 0 Å². The number of para-hydroxylation sites is 2. The van der Waals surface area contributed by atoms with Gasteiger partial charge in [0.2, 0.25) is 5.91 Å². The highest BCUT2D eigenvalue weighted by atomic mass is 32.1. The van der Waals surface area contributed by atoms with E-state index >= 15 is 0 Å². The fourth-order valence-electron chi connectivity index (χ4n) is 2.21. The molecule has 0 bridgehead atoms. The molecule has 2 aromatic heterocycles. The number of hydrogen-bond acceptors (Lipinski definition) is 4. The third kappa shape index (κ3) is 3.91. The third-order valence-electron chi connectivity index (χ3n) is 3.33. The highest BCUT2D eigenvalue weighted by Gasteiger charge is 2.13. The molecule has 0 unspecified atom stereocenters. The number of furan rings is 1. The van der Waals surface area contributed by atoms with Gasteiger partial charge in [-0.25, -0.2) is 0 Å². The average molecular weight is 340 g/mol. The van der Waals surface area contributed by atoms with Crippen molar-refractivity contribution < 1.29 is 14.0 Å². The van der Waals surface area contributed by atoms with Gasteiger partial charge in [0, 0.05) is 4.88 Å². The van der Waals surface area contributed by atoms with Crippen LogP contribution in [0, 0.1) is 6.92 Å². The number of aryl methyl sites for hydroxylation is 1. The SMILES string of the molecule is Cc1ccc(C(=O)Nc2ccccc2NC(=O)Cc2cccs2)o1. The Bertz CT molecular complexity index is 853. The number of thiophene rings is 1. The Balaban J connectivity index is 1.70. The molecule has 0 atom stereocenters. The lowest BCUT2D eigenvalue weighted by atomic mass is 10.2. The van der Waals surface area contributed by atoms with E-state index in [4.69, 9.17) is 4.42 Å². The Hall–Kier alpha value is -2.86. The summed E-state index contributed by atoms with van der Waals surface area (Å²) in [6.07, 6.45) is 0.303. The first-order chi connectivity index (χ1) is 11.6. The first-order valence-electron chi connectivity index (χ1n) is 7.41. The van der Waals surface area contributed by atoms with Crippen molar-refractivity contribution in [3.8, 4) is 0 Å². The van der Waals surface area contributed by atoms with Crippen LogP contribution in [0.15, 0.2) is 58.3 Å². The van der Waals surface area contributed by atoms with E-state index < -0.39 is 0 Å². The number of amides is 2. The first kappa shape index (κ1) is 16.0. The summed E-state index contributed by atoms with van der Waals surface area (Å²) in [6, 6.07) is 14.2. The van der Waals surface area contributed by atoms with E-state index in [1.54, 1.807) is 43.3 Å². The summed E-state index contributed by atoms with van der Waals surface area (Å²) in [6.45, 7) is 1.77. The van der Waals surface area contributed by atoms with Crippen LogP contribution in [0.4, 0.5) is 11.4 Å². The fourth-order valence-corrected chi connectivity index (χ4v) is 2.91. The van der Waals surface area contributed by atoms with Crippen LogP contribution in [-0.2, 0) is 11.2 Å². The van der Waals surface area contributed by atoms with E-state index in [0.717, 1.165) is 4.88 Å². The Morgan fingerprint density at radius 2 is 1.75 bits per heavy atom. The minimum Gasteiger partial charge on any atom is -0.456 e. The van der Waals surface area contributed by atoms with Crippen LogP contribution in [0.25, 0.3) is 0 Å². The van der Waals surface area contributed by atoms with Gasteiger partial charge in [-0.05, 0) is 42.6 Å². The van der Waals surface area contributed by atoms with Crippen LogP contribution in [0.1, 0.15) is 21.2 Å². The van der Waals surface area contributed by atoms with E-state index in [2.05, 4.69) is 10.6 Å². The van der Waals surface area contributed by atoms with Crippen molar-refractivity contribution in [1.29, 1.82) is 0 Å². The summed E-state index contributed by atoms with van der Waals surface area (Å²) in [4.78, 5) is 25.3. The van der Waals surface area contributed by atoms with Gasteiger partial charge < -0.3 is 15.1 Å². The average Bonchev–Trinajstić information content (AvgIpc) is 3.21. The highest BCUT2D eigenvalue weighted by molar-refractivity contribution is 7.10. The van der Waals surface area contributed by atoms with Gasteiger partial charge in [0.15, 0.2) is 5.76 Å². The third-order valence-corrected chi connectivity index (χ3v) is 4.20. The van der Waals surface area contributed by atoms with Gasteiger partial charge >= 0.3 is 0 Å². The lowest BCUT2D eigenvalue weighted by Gasteiger charge is -2.11. The second kappa shape index (κ2) is 7.14. The number of benzene rings is 1. The minimum atomic E-state index is -0.358. The second-order valence-electron chi connectivity index (χ2n) is 5.21. The number of carbonyl (C=O) groups excluding carboxylic acids is 2. The first-order valence-corrected chi connectivity index (χ1v) is 8.29. The van der Waals surface area contributed by atoms with Gasteiger partial charge in [0.1, 0.15) is 5.76 Å². The lowest BCUT2D eigenvalue weighted by Crippen LogP contribution is -2.17. The van der Waals surface area contributed by atoms with Crippen LogP contribution in [-0.4, -0.2) is 11.8 Å². The molecule has 0 aliphatic rings. The molecule has 122 valence electrons. The van der Waals surface area contributed by atoms with Gasteiger partial charge in [-0.1, -0.05) is 18.2 Å². The van der Waals surface area contributed by atoms with E-state index in [9.17, 15) is 9.59 Å². The second-order valence-corrected chi connectivity index (χ2v) is 6.25. The van der Waals surface area contributed by atoms with Crippen molar-refractivity contribution in [2.75, 3.05) is 10.6 Å². The Kier molecular flexibility index (Phi) is 4.77. The van der Waals surface area contributed by atoms with Crippen molar-refractivity contribution in [3.63, 3.8) is 0 Å². The molecule has 1 aromatic carbocycles. The van der Waals surface area contributed by atoms with E-state index in [-0.39, 0.29) is 17.6 Å². The summed E-state index contributed by atoms with van der Waals surface area (Å²) in [5, 5.41) is 7.53. The Morgan fingerprint density at radius 3 is 2.38 bits per heavy atom. The molecular weight excluding hydrogens is 324 g/mol. The normalized spacial score (nSPS) is 10.4. The van der Waals surface area contributed by atoms with Crippen molar-refractivity contribution in [1.82, 2.24) is 0 Å². The molecule has 3 rings (SSSR count). The number of hydrogen-bond donors (Lipinski definition) is 2. The van der Waals surface area contributed by atoms with Gasteiger partial charge in [0.25, 0.3) is 5.91 Å². The predicted octanol–water partition coefficient (Wildman–Crippen LogP) is 4.08. The van der Waals surface area contributed by atoms with Crippen LogP contribution in [0.3, 0.4) is 0 Å². The monoisotopic (exact) mass is 340 g/mol. The molecule has 3 aromatic rings. The Labute approximate surface area is 143 Å². The molecule has 2 N–H and O–H groups in total. The molecule has 5 nitrogen and oxygen atoms in total. The molecule has 2 heterocycles. The zero-order chi connectivity index (χ0) is 16.9. The van der Waals surface area contributed by atoms with Crippen LogP contribution < -0.4 is 10.6 Å². The molecular formula is C18H16N2O3S. The van der Waals surface area contributed by atoms with Gasteiger partial charge in [0.05, 0.1) is 17.8 Å². The molecule has 0 saturated carbocycles. The van der Waals surface area contributed by atoms with Gasteiger partial charge in [-0.3, -0.25) is 9.59 Å². The quantitative estimate of drug-likeness (QED) is 0.735. The largest absolute Gasteiger partial charge is 0.456 e. The van der Waals surface area contributed by atoms with Crippen molar-refractivity contribution in [2.24, 2.45) is 0 Å². The maximum atomic E-state index is 12.2. The number of anilines is 2. The van der Waals surface area contributed by atoms with Gasteiger partial charge in [-0.2, -0.15) is 0 Å². The summed E-state index contributed by atoms with van der Waals surface area (Å²) < 4.78 is 5.31. The van der Waals surface area contributed by atoms with E-state index in [0.29, 0.717) is 23.6 Å². The highest BCUT2D eigenvalue weighted by Crippen LogP contribution is 2.22. The number of rotatable bonds is 5. The topological polar surface area (TPSA) is 71.3 Å². The molecule has 0 aliphatic heterocycles. The summed E-state index contributed by atoms with van der Waals surface area (Å²) in [7, 11) is 0. The summed E-state index contributed by atoms with van der Waals surface area (Å²) in [5.74, 6) is 0.404. The van der Waals surface area contributed by atoms with Crippen molar-refractivity contribution in [3.05, 3.63) is 70.3 Å². The molecule has 0 saturated heterocycles. The zero-order valence-electron chi connectivity index (χ0n) is 13.0. The van der Waals surface area contributed by atoms with E-state index in [1.165, 1.54) is 11.3 Å². The molecule has 6 heteroatoms. The minimum absolute atomic E-state index is 0.131. The summed E-state index contributed by atoms with van der Waals surface area (Å²) in [5.41, 5.74) is 1.08. The summed E-state index contributed by atoms with van der Waals surface area (Å²) >= 11 is 1.53. The molecule has 0 aliphatic carbocycles. The van der Waals surface area contributed by atoms with E-state index in [1.807, 2.05) is 17.5 Å². The maximum Gasteiger partial charge on any atom is 0.291 e. The molecule has 0 spiro atoms. The lowest BCUT2D eigenvalue weighted by molar-refractivity contribution is -0.115. The van der Waals surface area contributed by atoms with Crippen LogP contribution in [0.2, 0.25) is 0 Å². The molecule has 2 amide bonds. The fraction of sp³-hybridized carbons (Fsp3) is 0.111. The standard InChI is InChI=1S/C18H16N2O3S/c1-12-8-9-16(23-12)18(22)20-15-7-3-2-6-14(15)19-17(21)11-13-5-4-10-24-13/h2-10H,11H2,1H3,(H,19,21)(H,20,22). The van der Waals surface area contributed by atoms with Crippen molar-refractivity contribution in [2.45, 2.75) is 13.3 Å².